The predicted octanol–water partition coefficient (Wildman–Crippen LogP) is 0.709. The van der Waals surface area contributed by atoms with Gasteiger partial charge in [-0.1, -0.05) is 18.2 Å². The summed E-state index contributed by atoms with van der Waals surface area (Å²) in [4.78, 5) is 0. The van der Waals surface area contributed by atoms with Crippen molar-refractivity contribution in [2.75, 3.05) is 0 Å². The van der Waals surface area contributed by atoms with Crippen molar-refractivity contribution in [3.63, 3.8) is 0 Å². The van der Waals surface area contributed by atoms with E-state index in [1.54, 1.807) is 0 Å². The monoisotopic (exact) mass is 80.1 g/mol. The predicted molar refractivity (Wildman–Crippen MR) is 32.5 cm³/mol. The quantitative estimate of drug-likeness (QED) is 0.321. The zero-order valence-corrected chi connectivity index (χ0v) is 4.31. The normalized spacial score (nSPS) is 11.5. The van der Waals surface area contributed by atoms with Gasteiger partial charge < -0.3 is 0 Å². The molecule has 1 heteroatoms. The van der Waals surface area contributed by atoms with Crippen LogP contribution in [-0.4, -0.2) is 7.85 Å². The zero-order valence-electron chi connectivity index (χ0n) is 4.31. The largest absolute Gasteiger partial charge is 0.129 e. The molecule has 6 heavy (non-hydrogen) atoms. The molecule has 0 saturated carbocycles. The van der Waals surface area contributed by atoms with Gasteiger partial charge in [0.2, 0.25) is 0 Å². The van der Waals surface area contributed by atoms with Gasteiger partial charge >= 0.3 is 0 Å². The molecule has 0 aliphatic rings. The van der Waals surface area contributed by atoms with Gasteiger partial charge in [0.15, 0.2) is 0 Å². The highest BCUT2D eigenvalue weighted by Gasteiger charge is 1.49. The van der Waals surface area contributed by atoms with Gasteiger partial charge in [-0.3, -0.25) is 0 Å². The average molecular weight is 79.9 g/mol. The number of hydrogen-bond acceptors (Lipinski definition) is 0. The highest BCUT2D eigenvalue weighted by Crippen LogP contribution is 1.68. The summed E-state index contributed by atoms with van der Waals surface area (Å²) < 4.78 is 0. The summed E-state index contributed by atoms with van der Waals surface area (Å²) in [6.45, 7) is 2.00. The summed E-state index contributed by atoms with van der Waals surface area (Å²) in [7, 11) is 2.00. The number of allylic oxidation sites excluding steroid dienone is 3. The Bertz CT molecular complexity index is 52.3. The van der Waals surface area contributed by atoms with Crippen LogP contribution < -0.4 is 0 Å². The van der Waals surface area contributed by atoms with Gasteiger partial charge in [-0.15, -0.1) is 5.98 Å². The van der Waals surface area contributed by atoms with Crippen molar-refractivity contribution < 1.29 is 0 Å². The second-order valence-corrected chi connectivity index (χ2v) is 1.05. The smallest absolute Gasteiger partial charge is 0.124 e. The first-order chi connectivity index (χ1) is 2.91. The third-order valence-corrected chi connectivity index (χ3v) is 0.496. The second kappa shape index (κ2) is 4.54. The zero-order chi connectivity index (χ0) is 4.83. The summed E-state index contributed by atoms with van der Waals surface area (Å²) in [5.41, 5.74) is 0. The van der Waals surface area contributed by atoms with E-state index < -0.39 is 0 Å². The molecule has 0 atom stereocenters. The lowest BCUT2D eigenvalue weighted by Gasteiger charge is -1.62. The van der Waals surface area contributed by atoms with Crippen LogP contribution in [0.3, 0.4) is 0 Å². The van der Waals surface area contributed by atoms with Crippen LogP contribution in [0.2, 0.25) is 0 Å². The lowest BCUT2D eigenvalue weighted by Crippen LogP contribution is -1.46. The number of hydrogen-bond donors (Lipinski definition) is 0. The molecule has 0 aromatic carbocycles. The Balaban J connectivity index is 3.07. The van der Waals surface area contributed by atoms with Crippen LogP contribution in [0.1, 0.15) is 6.92 Å². The van der Waals surface area contributed by atoms with E-state index in [0.717, 1.165) is 0 Å². The van der Waals surface area contributed by atoms with Crippen molar-refractivity contribution in [1.82, 2.24) is 0 Å². The van der Waals surface area contributed by atoms with Gasteiger partial charge in [-0.2, -0.15) is 0 Å². The van der Waals surface area contributed by atoms with Crippen molar-refractivity contribution in [2.45, 2.75) is 6.92 Å². The molecule has 0 saturated heterocycles. The molecule has 0 spiro atoms. The molecule has 0 bridgehead atoms. The Morgan fingerprint density at radius 2 is 2.00 bits per heavy atom. The molecule has 0 amide bonds. The minimum Gasteiger partial charge on any atom is -0.124 e. The maximum Gasteiger partial charge on any atom is 0.129 e. The Labute approximate surface area is 40.0 Å². The van der Waals surface area contributed by atoms with Gasteiger partial charge in [0.05, 0.1) is 0 Å². The third kappa shape index (κ3) is 3.54. The molecule has 0 aliphatic carbocycles. The van der Waals surface area contributed by atoms with Crippen molar-refractivity contribution in [1.29, 1.82) is 0 Å². The minimum absolute atomic E-state index is 2.00. The molecule has 0 aromatic heterocycles. The lowest BCUT2D eigenvalue weighted by molar-refractivity contribution is 1.74. The molecule has 0 fully saturated rings. The van der Waals surface area contributed by atoms with E-state index in [-0.39, 0.29) is 0 Å². The molecule has 0 nitrogen and oxygen atoms in total. The summed E-state index contributed by atoms with van der Waals surface area (Å²) in [6, 6.07) is 0. The molecule has 0 aliphatic heterocycles. The lowest BCUT2D eigenvalue weighted by atomic mass is 10.1. The average Bonchev–Trinajstić information content (AvgIpc) is 1.61. The van der Waals surface area contributed by atoms with Crippen molar-refractivity contribution in [3.8, 4) is 0 Å². The van der Waals surface area contributed by atoms with E-state index in [4.69, 9.17) is 0 Å². The maximum absolute atomic E-state index is 2.00. The van der Waals surface area contributed by atoms with Crippen molar-refractivity contribution >= 4 is 7.85 Å². The van der Waals surface area contributed by atoms with Crippen molar-refractivity contribution in [3.05, 3.63) is 24.2 Å². The van der Waals surface area contributed by atoms with E-state index in [2.05, 4.69) is 0 Å². The summed E-state index contributed by atoms with van der Waals surface area (Å²) in [5, 5.41) is 0. The second-order valence-electron chi connectivity index (χ2n) is 1.05. The van der Waals surface area contributed by atoms with Crippen LogP contribution in [0.15, 0.2) is 24.2 Å². The Morgan fingerprint density at radius 3 is 2.17 bits per heavy atom. The molecule has 0 rings (SSSR count). The highest BCUT2D eigenvalue weighted by molar-refractivity contribution is 6.17. The molecule has 0 heterocycles. The fraction of sp³-hybridized carbons (Fsp3) is 0.200. The maximum atomic E-state index is 2.00. The number of rotatable bonds is 1. The fourth-order valence-corrected chi connectivity index (χ4v) is 0.222. The van der Waals surface area contributed by atoms with Gasteiger partial charge in [0, 0.05) is 0 Å². The van der Waals surface area contributed by atoms with Crippen LogP contribution in [0.5, 0.6) is 0 Å². The van der Waals surface area contributed by atoms with Crippen LogP contribution >= 0.6 is 0 Å². The standard InChI is InChI=1S/C5H9B/c1-2-3-4-5-6/h2-5H,6H2,1H3/b3-2-,5-4-. The van der Waals surface area contributed by atoms with E-state index in [0.29, 0.717) is 0 Å². The van der Waals surface area contributed by atoms with Crippen LogP contribution in [-0.2, 0) is 0 Å². The topological polar surface area (TPSA) is 0 Å². The molecular formula is C5H9B. The van der Waals surface area contributed by atoms with Crippen molar-refractivity contribution in [2.24, 2.45) is 0 Å². The summed E-state index contributed by atoms with van der Waals surface area (Å²) >= 11 is 0. The first-order valence-electron chi connectivity index (χ1n) is 2.15. The first kappa shape index (κ1) is 5.54. The molecular weight excluding hydrogens is 70.9 g/mol. The molecule has 32 valence electrons. The molecule has 0 radical (unpaired) electrons. The van der Waals surface area contributed by atoms with Crippen LogP contribution in [0.25, 0.3) is 0 Å². The highest BCUT2D eigenvalue weighted by atomic mass is 13.5. The summed E-state index contributed by atoms with van der Waals surface area (Å²) in [6.07, 6.45) is 6.00. The Kier molecular flexibility index (Phi) is 4.20. The van der Waals surface area contributed by atoms with E-state index >= 15 is 0 Å². The third-order valence-electron chi connectivity index (χ3n) is 0.496. The molecule has 0 aromatic rings. The Morgan fingerprint density at radius 1 is 1.33 bits per heavy atom. The Hall–Kier alpha value is -0.455. The van der Waals surface area contributed by atoms with Gasteiger partial charge in [-0.05, 0) is 6.92 Å². The van der Waals surface area contributed by atoms with Gasteiger partial charge in [-0.25, -0.2) is 0 Å². The van der Waals surface area contributed by atoms with Gasteiger partial charge in [0.1, 0.15) is 7.85 Å². The van der Waals surface area contributed by atoms with Crippen LogP contribution in [0, 0.1) is 0 Å². The van der Waals surface area contributed by atoms with E-state index in [9.17, 15) is 0 Å². The minimum atomic E-state index is 2.00. The summed E-state index contributed by atoms with van der Waals surface area (Å²) in [5.74, 6) is 2.00. The SMILES string of the molecule is B/C=C\C=C/C. The van der Waals surface area contributed by atoms with Crippen LogP contribution in [0.4, 0.5) is 0 Å². The van der Waals surface area contributed by atoms with Gasteiger partial charge in [0.25, 0.3) is 0 Å². The molecule has 0 unspecified atom stereocenters. The first-order valence-corrected chi connectivity index (χ1v) is 2.15. The molecule has 0 N–H and O–H groups in total. The van der Waals surface area contributed by atoms with E-state index in [1.807, 2.05) is 39.0 Å². The van der Waals surface area contributed by atoms with E-state index in [1.165, 1.54) is 0 Å². The fourth-order valence-electron chi connectivity index (χ4n) is 0.222.